The molecule has 0 spiro atoms. The summed E-state index contributed by atoms with van der Waals surface area (Å²) in [5.41, 5.74) is 0.898. The normalized spacial score (nSPS) is 9.53. The molecule has 0 radical (unpaired) electrons. The van der Waals surface area contributed by atoms with Gasteiger partial charge in [-0.1, -0.05) is 12.1 Å². The van der Waals surface area contributed by atoms with Gasteiger partial charge in [-0.3, -0.25) is 4.79 Å². The van der Waals surface area contributed by atoms with Crippen LogP contribution in [0.1, 0.15) is 5.56 Å². The molecule has 0 bridgehead atoms. The van der Waals surface area contributed by atoms with E-state index in [0.29, 0.717) is 18.0 Å². The van der Waals surface area contributed by atoms with Crippen molar-refractivity contribution in [3.63, 3.8) is 0 Å². The highest BCUT2D eigenvalue weighted by Crippen LogP contribution is 2.30. The van der Waals surface area contributed by atoms with E-state index in [4.69, 9.17) is 14.7 Å². The molecular weight excluding hydrogens is 246 g/mol. The lowest BCUT2D eigenvalue weighted by Gasteiger charge is -2.14. The lowest BCUT2D eigenvalue weighted by Crippen LogP contribution is -2.29. The van der Waals surface area contributed by atoms with Gasteiger partial charge in [0, 0.05) is 12.1 Å². The number of rotatable bonds is 7. The molecule has 0 aliphatic heterocycles. The molecule has 0 heterocycles. The molecule has 0 aliphatic carbocycles. The molecule has 0 atom stereocenters. The van der Waals surface area contributed by atoms with Gasteiger partial charge < -0.3 is 20.1 Å². The molecule has 0 saturated heterocycles. The largest absolute Gasteiger partial charge is 0.493 e. The van der Waals surface area contributed by atoms with Crippen LogP contribution in [0.2, 0.25) is 0 Å². The number of benzene rings is 1. The third kappa shape index (κ3) is 4.48. The van der Waals surface area contributed by atoms with Gasteiger partial charge in [0.15, 0.2) is 18.1 Å². The SMILES string of the molecule is CNCc1cccc(OC)c1OCC(=O)NCC#N. The molecule has 0 saturated carbocycles. The summed E-state index contributed by atoms with van der Waals surface area (Å²) >= 11 is 0. The van der Waals surface area contributed by atoms with Crippen molar-refractivity contribution < 1.29 is 14.3 Å². The summed E-state index contributed by atoms with van der Waals surface area (Å²) in [5.74, 6) is 0.759. The zero-order chi connectivity index (χ0) is 14.1. The Bertz CT molecular complexity index is 469. The van der Waals surface area contributed by atoms with Crippen molar-refractivity contribution in [2.75, 3.05) is 27.3 Å². The smallest absolute Gasteiger partial charge is 0.258 e. The van der Waals surface area contributed by atoms with Crippen LogP contribution in [-0.2, 0) is 11.3 Å². The van der Waals surface area contributed by atoms with Crippen molar-refractivity contribution in [2.24, 2.45) is 0 Å². The first-order valence-electron chi connectivity index (χ1n) is 5.79. The highest BCUT2D eigenvalue weighted by molar-refractivity contribution is 5.77. The first kappa shape index (κ1) is 14.8. The lowest BCUT2D eigenvalue weighted by atomic mass is 10.2. The van der Waals surface area contributed by atoms with Gasteiger partial charge in [-0.05, 0) is 13.1 Å². The quantitative estimate of drug-likeness (QED) is 0.697. The molecule has 1 rings (SSSR count). The average Bonchev–Trinajstić information content (AvgIpc) is 2.43. The van der Waals surface area contributed by atoms with Crippen LogP contribution in [-0.4, -0.2) is 33.2 Å². The first-order valence-corrected chi connectivity index (χ1v) is 5.79. The molecule has 1 amide bonds. The monoisotopic (exact) mass is 263 g/mol. The van der Waals surface area contributed by atoms with E-state index in [1.807, 2.05) is 25.2 Å². The number of methoxy groups -OCH3 is 1. The van der Waals surface area contributed by atoms with E-state index in [-0.39, 0.29) is 19.1 Å². The van der Waals surface area contributed by atoms with Crippen LogP contribution < -0.4 is 20.1 Å². The summed E-state index contributed by atoms with van der Waals surface area (Å²) in [4.78, 5) is 11.4. The third-order valence-corrected chi connectivity index (χ3v) is 2.36. The number of ether oxygens (including phenoxy) is 2. The predicted molar refractivity (Wildman–Crippen MR) is 69.9 cm³/mol. The Morgan fingerprint density at radius 2 is 2.26 bits per heavy atom. The van der Waals surface area contributed by atoms with Crippen molar-refractivity contribution in [2.45, 2.75) is 6.54 Å². The Labute approximate surface area is 112 Å². The Kier molecular flexibility index (Phi) is 6.19. The summed E-state index contributed by atoms with van der Waals surface area (Å²) < 4.78 is 10.7. The number of hydrogen-bond donors (Lipinski definition) is 2. The second-order valence-electron chi connectivity index (χ2n) is 3.70. The van der Waals surface area contributed by atoms with E-state index in [9.17, 15) is 4.79 Å². The van der Waals surface area contributed by atoms with Gasteiger partial charge in [0.2, 0.25) is 0 Å². The highest BCUT2D eigenvalue weighted by Gasteiger charge is 2.11. The molecule has 0 unspecified atom stereocenters. The van der Waals surface area contributed by atoms with Crippen LogP contribution >= 0.6 is 0 Å². The number of carbonyl (C=O) groups excluding carboxylic acids is 1. The number of nitriles is 1. The van der Waals surface area contributed by atoms with E-state index < -0.39 is 0 Å². The van der Waals surface area contributed by atoms with Crippen LogP contribution in [0.4, 0.5) is 0 Å². The second kappa shape index (κ2) is 7.95. The molecule has 2 N–H and O–H groups in total. The van der Waals surface area contributed by atoms with Crippen LogP contribution in [0.3, 0.4) is 0 Å². The average molecular weight is 263 g/mol. The number of carbonyl (C=O) groups is 1. The summed E-state index contributed by atoms with van der Waals surface area (Å²) in [6, 6.07) is 7.34. The number of para-hydroxylation sites is 1. The van der Waals surface area contributed by atoms with Gasteiger partial charge in [0.25, 0.3) is 5.91 Å². The minimum absolute atomic E-state index is 0.0303. The van der Waals surface area contributed by atoms with Crippen molar-refractivity contribution in [1.29, 1.82) is 5.26 Å². The number of nitrogens with one attached hydrogen (secondary N) is 2. The minimum Gasteiger partial charge on any atom is -0.493 e. The van der Waals surface area contributed by atoms with E-state index >= 15 is 0 Å². The van der Waals surface area contributed by atoms with E-state index in [2.05, 4.69) is 10.6 Å². The van der Waals surface area contributed by atoms with Crippen molar-refractivity contribution in [3.8, 4) is 17.6 Å². The molecule has 0 aliphatic rings. The van der Waals surface area contributed by atoms with Gasteiger partial charge in [-0.2, -0.15) is 5.26 Å². The molecule has 1 aromatic carbocycles. The van der Waals surface area contributed by atoms with Gasteiger partial charge in [0.05, 0.1) is 13.2 Å². The number of hydrogen-bond acceptors (Lipinski definition) is 5. The molecule has 102 valence electrons. The lowest BCUT2D eigenvalue weighted by molar-refractivity contribution is -0.122. The third-order valence-electron chi connectivity index (χ3n) is 2.36. The topological polar surface area (TPSA) is 83.4 Å². The maximum Gasteiger partial charge on any atom is 0.258 e. The summed E-state index contributed by atoms with van der Waals surface area (Å²) in [7, 11) is 3.37. The van der Waals surface area contributed by atoms with Gasteiger partial charge in [-0.15, -0.1) is 0 Å². The zero-order valence-corrected chi connectivity index (χ0v) is 11.0. The van der Waals surface area contributed by atoms with Crippen molar-refractivity contribution in [1.82, 2.24) is 10.6 Å². The Balaban J connectivity index is 2.75. The fourth-order valence-electron chi connectivity index (χ4n) is 1.54. The van der Waals surface area contributed by atoms with Crippen LogP contribution in [0.25, 0.3) is 0 Å². The number of amides is 1. The number of nitrogens with zero attached hydrogens (tertiary/aromatic N) is 1. The maximum atomic E-state index is 11.4. The second-order valence-corrected chi connectivity index (χ2v) is 3.70. The Hall–Kier alpha value is -2.26. The van der Waals surface area contributed by atoms with Gasteiger partial charge in [-0.25, -0.2) is 0 Å². The molecule has 0 aromatic heterocycles. The van der Waals surface area contributed by atoms with Crippen molar-refractivity contribution in [3.05, 3.63) is 23.8 Å². The molecule has 0 fully saturated rings. The standard InChI is InChI=1S/C13H17N3O3/c1-15-8-10-4-3-5-11(18-2)13(10)19-9-12(17)16-7-6-14/h3-5,15H,7-9H2,1-2H3,(H,16,17). The fraction of sp³-hybridized carbons (Fsp3) is 0.385. The van der Waals surface area contributed by atoms with Gasteiger partial charge in [0.1, 0.15) is 6.54 Å². The Morgan fingerprint density at radius 3 is 2.89 bits per heavy atom. The molecule has 6 heteroatoms. The predicted octanol–water partition coefficient (Wildman–Crippen LogP) is 0.433. The summed E-state index contributed by atoms with van der Waals surface area (Å²) in [6.45, 7) is 0.419. The van der Waals surface area contributed by atoms with E-state index in [0.717, 1.165) is 5.56 Å². The van der Waals surface area contributed by atoms with Crippen LogP contribution in [0, 0.1) is 11.3 Å². The summed E-state index contributed by atoms with van der Waals surface area (Å²) in [6.07, 6.45) is 0. The molecule has 1 aromatic rings. The first-order chi connectivity index (χ1) is 9.22. The summed E-state index contributed by atoms with van der Waals surface area (Å²) in [5, 5.41) is 13.8. The van der Waals surface area contributed by atoms with E-state index in [1.165, 1.54) is 0 Å². The molecule has 6 nitrogen and oxygen atoms in total. The van der Waals surface area contributed by atoms with Crippen molar-refractivity contribution >= 4 is 5.91 Å². The minimum atomic E-state index is -0.345. The van der Waals surface area contributed by atoms with Crippen LogP contribution in [0.5, 0.6) is 11.5 Å². The Morgan fingerprint density at radius 1 is 1.47 bits per heavy atom. The fourth-order valence-corrected chi connectivity index (χ4v) is 1.54. The molecular formula is C13H17N3O3. The maximum absolute atomic E-state index is 11.4. The van der Waals surface area contributed by atoms with E-state index in [1.54, 1.807) is 13.2 Å². The highest BCUT2D eigenvalue weighted by atomic mass is 16.5. The van der Waals surface area contributed by atoms with Crippen LogP contribution in [0.15, 0.2) is 18.2 Å². The molecule has 19 heavy (non-hydrogen) atoms. The zero-order valence-electron chi connectivity index (χ0n) is 11.0. The van der Waals surface area contributed by atoms with Gasteiger partial charge >= 0.3 is 0 Å².